The van der Waals surface area contributed by atoms with Crippen LogP contribution in [0.2, 0.25) is 0 Å². The number of rotatable bonds is 6. The van der Waals surface area contributed by atoms with Crippen LogP contribution in [0.15, 0.2) is 47.4 Å². The average Bonchev–Trinajstić information content (AvgIpc) is 2.54. The van der Waals surface area contributed by atoms with Gasteiger partial charge in [-0.25, -0.2) is 8.42 Å². The lowest BCUT2D eigenvalue weighted by Crippen LogP contribution is -2.27. The maximum absolute atomic E-state index is 12.8. The molecule has 0 atom stereocenters. The molecule has 0 radical (unpaired) electrons. The molecule has 24 heavy (non-hydrogen) atoms. The van der Waals surface area contributed by atoms with Gasteiger partial charge in [0.05, 0.1) is 16.9 Å². The van der Waals surface area contributed by atoms with Gasteiger partial charge in [-0.05, 0) is 30.2 Å². The number of sulfonamides is 1. The van der Waals surface area contributed by atoms with Crippen molar-refractivity contribution < 1.29 is 18.1 Å². The molecule has 8 heteroatoms. The van der Waals surface area contributed by atoms with Gasteiger partial charge in [-0.1, -0.05) is 18.2 Å². The van der Waals surface area contributed by atoms with Crippen molar-refractivity contribution in [2.45, 2.75) is 18.4 Å². The van der Waals surface area contributed by atoms with Gasteiger partial charge in [0.25, 0.3) is 5.69 Å². The van der Waals surface area contributed by atoms with Gasteiger partial charge in [-0.2, -0.15) is 4.31 Å². The summed E-state index contributed by atoms with van der Waals surface area (Å²) >= 11 is 0. The summed E-state index contributed by atoms with van der Waals surface area (Å²) < 4.78 is 31.8. The largest absolute Gasteiger partial charge is 0.497 e. The summed E-state index contributed by atoms with van der Waals surface area (Å²) in [6.45, 7) is 1.73. The standard InChI is InChI=1S/C16H18N2O5S/c1-12-7-8-14(18(19)20)10-16(12)24(21,22)17(2)11-13-5-4-6-15(9-13)23-3/h4-10H,11H2,1-3H3. The van der Waals surface area contributed by atoms with E-state index in [4.69, 9.17) is 4.74 Å². The lowest BCUT2D eigenvalue weighted by atomic mass is 10.2. The molecule has 0 aliphatic heterocycles. The van der Waals surface area contributed by atoms with Crippen molar-refractivity contribution in [3.63, 3.8) is 0 Å². The van der Waals surface area contributed by atoms with Gasteiger partial charge >= 0.3 is 0 Å². The Kier molecular flexibility index (Phi) is 5.20. The van der Waals surface area contributed by atoms with Crippen LogP contribution in [0.3, 0.4) is 0 Å². The molecule has 2 aromatic rings. The first-order valence-corrected chi connectivity index (χ1v) is 8.54. The van der Waals surface area contributed by atoms with Gasteiger partial charge in [-0.3, -0.25) is 10.1 Å². The zero-order valence-electron chi connectivity index (χ0n) is 13.6. The van der Waals surface area contributed by atoms with Crippen LogP contribution >= 0.6 is 0 Å². The number of benzene rings is 2. The van der Waals surface area contributed by atoms with E-state index >= 15 is 0 Å². The first-order valence-electron chi connectivity index (χ1n) is 7.10. The summed E-state index contributed by atoms with van der Waals surface area (Å²) in [7, 11) is -0.884. The van der Waals surface area contributed by atoms with E-state index in [0.717, 1.165) is 15.9 Å². The summed E-state index contributed by atoms with van der Waals surface area (Å²) in [5.74, 6) is 0.629. The Balaban J connectivity index is 2.35. The molecule has 128 valence electrons. The van der Waals surface area contributed by atoms with Crippen LogP contribution < -0.4 is 4.74 Å². The topological polar surface area (TPSA) is 89.8 Å². The maximum atomic E-state index is 12.8. The van der Waals surface area contributed by atoms with Crippen LogP contribution in [0.5, 0.6) is 5.75 Å². The molecule has 7 nitrogen and oxygen atoms in total. The molecule has 0 heterocycles. The van der Waals surface area contributed by atoms with Crippen LogP contribution in [0.25, 0.3) is 0 Å². The van der Waals surface area contributed by atoms with Crippen LogP contribution in [0.1, 0.15) is 11.1 Å². The second-order valence-electron chi connectivity index (χ2n) is 5.32. The zero-order chi connectivity index (χ0) is 17.9. The van der Waals surface area contributed by atoms with Crippen LogP contribution in [-0.4, -0.2) is 31.8 Å². The zero-order valence-corrected chi connectivity index (χ0v) is 14.4. The van der Waals surface area contributed by atoms with Gasteiger partial charge in [-0.15, -0.1) is 0 Å². The third-order valence-corrected chi connectivity index (χ3v) is 5.56. The Morgan fingerprint density at radius 2 is 1.92 bits per heavy atom. The number of hydrogen-bond donors (Lipinski definition) is 0. The third kappa shape index (κ3) is 3.72. The van der Waals surface area contributed by atoms with Gasteiger partial charge in [0.2, 0.25) is 10.0 Å². The van der Waals surface area contributed by atoms with Crippen molar-refractivity contribution in [3.05, 3.63) is 63.7 Å². The predicted octanol–water partition coefficient (Wildman–Crippen LogP) is 2.73. The molecule has 2 aromatic carbocycles. The van der Waals surface area contributed by atoms with E-state index in [1.54, 1.807) is 31.2 Å². The van der Waals surface area contributed by atoms with Crippen molar-refractivity contribution in [2.24, 2.45) is 0 Å². The Labute approximate surface area is 140 Å². The summed E-state index contributed by atoms with van der Waals surface area (Å²) in [5, 5.41) is 10.9. The minimum Gasteiger partial charge on any atom is -0.497 e. The number of nitrogens with zero attached hydrogens (tertiary/aromatic N) is 2. The maximum Gasteiger partial charge on any atom is 0.270 e. The van der Waals surface area contributed by atoms with E-state index in [0.29, 0.717) is 11.3 Å². The van der Waals surface area contributed by atoms with Crippen LogP contribution in [0, 0.1) is 17.0 Å². The van der Waals surface area contributed by atoms with Crippen molar-refractivity contribution in [1.82, 2.24) is 4.31 Å². The van der Waals surface area contributed by atoms with E-state index in [9.17, 15) is 18.5 Å². The predicted molar refractivity (Wildman–Crippen MR) is 89.5 cm³/mol. The van der Waals surface area contributed by atoms with Crippen LogP contribution in [-0.2, 0) is 16.6 Å². The van der Waals surface area contributed by atoms with Crippen molar-refractivity contribution in [3.8, 4) is 5.75 Å². The first-order chi connectivity index (χ1) is 11.3. The van der Waals surface area contributed by atoms with E-state index in [-0.39, 0.29) is 17.1 Å². The SMILES string of the molecule is COc1cccc(CN(C)S(=O)(=O)c2cc([N+](=O)[O-])ccc2C)c1. The molecule has 0 amide bonds. The van der Waals surface area contributed by atoms with E-state index < -0.39 is 14.9 Å². The summed E-state index contributed by atoms with van der Waals surface area (Å²) in [5.41, 5.74) is 0.954. The Morgan fingerprint density at radius 1 is 1.21 bits per heavy atom. The molecule has 2 rings (SSSR count). The fraction of sp³-hybridized carbons (Fsp3) is 0.250. The highest BCUT2D eigenvalue weighted by atomic mass is 32.2. The molecule has 0 unspecified atom stereocenters. The Hall–Kier alpha value is -2.45. The van der Waals surface area contributed by atoms with Gasteiger partial charge < -0.3 is 4.74 Å². The lowest BCUT2D eigenvalue weighted by Gasteiger charge is -2.18. The normalized spacial score (nSPS) is 11.5. The molecule has 0 aromatic heterocycles. The molecule has 0 fully saturated rings. The van der Waals surface area contributed by atoms with Gasteiger partial charge in [0, 0.05) is 25.7 Å². The summed E-state index contributed by atoms with van der Waals surface area (Å²) in [6, 6.07) is 10.9. The molecule has 0 bridgehead atoms. The van der Waals surface area contributed by atoms with Crippen LogP contribution in [0.4, 0.5) is 5.69 Å². The lowest BCUT2D eigenvalue weighted by molar-refractivity contribution is -0.385. The monoisotopic (exact) mass is 350 g/mol. The number of non-ortho nitro benzene ring substituents is 1. The quantitative estimate of drug-likeness (QED) is 0.590. The molecular formula is C16H18N2O5S. The molecule has 0 spiro atoms. The van der Waals surface area contributed by atoms with Gasteiger partial charge in [0.1, 0.15) is 5.75 Å². The highest BCUT2D eigenvalue weighted by Crippen LogP contribution is 2.25. The van der Waals surface area contributed by atoms with E-state index in [2.05, 4.69) is 0 Å². The third-order valence-electron chi connectivity index (χ3n) is 3.61. The molecule has 0 saturated carbocycles. The molecule has 0 aliphatic rings. The smallest absolute Gasteiger partial charge is 0.270 e. The second kappa shape index (κ2) is 6.98. The number of methoxy groups -OCH3 is 1. The fourth-order valence-electron chi connectivity index (χ4n) is 2.26. The number of nitro benzene ring substituents is 1. The highest BCUT2D eigenvalue weighted by Gasteiger charge is 2.25. The summed E-state index contributed by atoms with van der Waals surface area (Å²) in [4.78, 5) is 10.2. The average molecular weight is 350 g/mol. The second-order valence-corrected chi connectivity index (χ2v) is 7.33. The number of nitro groups is 1. The minimum atomic E-state index is -3.86. The molecule has 0 aliphatic carbocycles. The minimum absolute atomic E-state index is 0.0675. The first kappa shape index (κ1) is 17.9. The Morgan fingerprint density at radius 3 is 2.54 bits per heavy atom. The van der Waals surface area contributed by atoms with Gasteiger partial charge in [0.15, 0.2) is 0 Å². The van der Waals surface area contributed by atoms with Crippen molar-refractivity contribution >= 4 is 15.7 Å². The van der Waals surface area contributed by atoms with Crippen molar-refractivity contribution in [1.29, 1.82) is 0 Å². The number of aryl methyl sites for hydroxylation is 1. The number of hydrogen-bond acceptors (Lipinski definition) is 5. The van der Waals surface area contributed by atoms with E-state index in [1.807, 2.05) is 0 Å². The summed E-state index contributed by atoms with van der Waals surface area (Å²) in [6.07, 6.45) is 0. The molecule has 0 saturated heterocycles. The van der Waals surface area contributed by atoms with E-state index in [1.165, 1.54) is 26.3 Å². The van der Waals surface area contributed by atoms with Crippen molar-refractivity contribution in [2.75, 3.05) is 14.2 Å². The number of ether oxygens (including phenoxy) is 1. The fourth-order valence-corrected chi connectivity index (χ4v) is 3.66. The molecule has 0 N–H and O–H groups in total. The Bertz CT molecular complexity index is 865. The highest BCUT2D eigenvalue weighted by molar-refractivity contribution is 7.89. The molecular weight excluding hydrogens is 332 g/mol.